The summed E-state index contributed by atoms with van der Waals surface area (Å²) in [4.78, 5) is 24.6. The Balaban J connectivity index is 1.19. The van der Waals surface area contributed by atoms with E-state index in [9.17, 15) is 18.0 Å². The number of rotatable bonds is 8. The van der Waals surface area contributed by atoms with Crippen LogP contribution in [0.3, 0.4) is 0 Å². The van der Waals surface area contributed by atoms with E-state index in [1.54, 1.807) is 30.3 Å². The molecule has 7 heteroatoms. The fourth-order valence-corrected chi connectivity index (χ4v) is 5.19. The molecule has 0 unspecified atom stereocenters. The number of carbonyl (C=O) groups excluding carboxylic acids is 2. The van der Waals surface area contributed by atoms with E-state index in [-0.39, 0.29) is 15.7 Å². The van der Waals surface area contributed by atoms with Crippen molar-refractivity contribution < 1.29 is 18.0 Å². The summed E-state index contributed by atoms with van der Waals surface area (Å²) in [5.41, 5.74) is 3.25. The van der Waals surface area contributed by atoms with Crippen LogP contribution in [-0.4, -0.2) is 33.3 Å². The maximum atomic E-state index is 12.5. The van der Waals surface area contributed by atoms with Gasteiger partial charge in [0.25, 0.3) is 11.8 Å². The van der Waals surface area contributed by atoms with Gasteiger partial charge in [-0.15, -0.1) is 0 Å². The maximum Gasteiger partial charge on any atom is 0.263 e. The molecule has 0 saturated carbocycles. The van der Waals surface area contributed by atoms with Gasteiger partial charge in [-0.1, -0.05) is 60.7 Å². The highest BCUT2D eigenvalue weighted by atomic mass is 32.2. The number of unbranched alkanes of at least 4 members (excludes halogenated alkanes) is 1. The molecule has 0 saturated heterocycles. The van der Waals surface area contributed by atoms with E-state index in [1.807, 2.05) is 42.5 Å². The van der Waals surface area contributed by atoms with E-state index in [2.05, 4.69) is 10.6 Å². The van der Waals surface area contributed by atoms with Gasteiger partial charge >= 0.3 is 0 Å². The first-order chi connectivity index (χ1) is 16.0. The van der Waals surface area contributed by atoms with Gasteiger partial charge in [-0.3, -0.25) is 9.59 Å². The van der Waals surface area contributed by atoms with Crippen LogP contribution in [0.4, 0.5) is 0 Å². The van der Waals surface area contributed by atoms with Crippen molar-refractivity contribution in [1.82, 2.24) is 10.6 Å². The van der Waals surface area contributed by atoms with Crippen molar-refractivity contribution >= 4 is 27.7 Å². The topological polar surface area (TPSA) is 92.3 Å². The fourth-order valence-electron chi connectivity index (χ4n) is 3.66. The lowest BCUT2D eigenvalue weighted by Crippen LogP contribution is -2.29. The second-order valence-corrected chi connectivity index (χ2v) is 9.60. The smallest absolute Gasteiger partial charge is 0.263 e. The van der Waals surface area contributed by atoms with Crippen LogP contribution in [0.2, 0.25) is 0 Å². The van der Waals surface area contributed by atoms with Crippen LogP contribution < -0.4 is 10.6 Å². The molecule has 168 valence electrons. The molecule has 0 spiro atoms. The number of nitrogens with one attached hydrogen (secondary N) is 2. The third-order valence-corrected chi connectivity index (χ3v) is 7.27. The Hall–Kier alpha value is -3.71. The van der Waals surface area contributed by atoms with Crippen LogP contribution in [0.1, 0.15) is 28.8 Å². The summed E-state index contributed by atoms with van der Waals surface area (Å²) in [6, 6.07) is 23.9. The van der Waals surface area contributed by atoms with E-state index < -0.39 is 15.7 Å². The molecule has 1 aliphatic heterocycles. The molecule has 0 bridgehead atoms. The Bertz CT molecular complexity index is 1300. The number of amides is 2. The normalized spacial score (nSPS) is 13.6. The monoisotopic (exact) mass is 460 g/mol. The van der Waals surface area contributed by atoms with Crippen molar-refractivity contribution in [3.8, 4) is 11.1 Å². The van der Waals surface area contributed by atoms with E-state index >= 15 is 0 Å². The third kappa shape index (κ3) is 5.04. The minimum Gasteiger partial charge on any atom is -0.352 e. The summed E-state index contributed by atoms with van der Waals surface area (Å²) in [7, 11) is -3.76. The number of benzene rings is 3. The van der Waals surface area contributed by atoms with Gasteiger partial charge in [-0.05, 0) is 53.8 Å². The molecule has 3 aromatic carbocycles. The molecule has 1 heterocycles. The van der Waals surface area contributed by atoms with Gasteiger partial charge in [0.15, 0.2) is 0 Å². The Morgan fingerprint density at radius 3 is 1.91 bits per heavy atom. The first kappa shape index (κ1) is 22.5. The Kier molecular flexibility index (Phi) is 6.70. The number of hydrogen-bond donors (Lipinski definition) is 2. The maximum absolute atomic E-state index is 12.5. The van der Waals surface area contributed by atoms with Crippen molar-refractivity contribution in [1.29, 1.82) is 0 Å². The predicted molar refractivity (Wildman–Crippen MR) is 128 cm³/mol. The largest absolute Gasteiger partial charge is 0.352 e. The lowest BCUT2D eigenvalue weighted by molar-refractivity contribution is -0.116. The Morgan fingerprint density at radius 2 is 1.24 bits per heavy atom. The summed E-state index contributed by atoms with van der Waals surface area (Å²) in [5.74, 6) is -0.757. The van der Waals surface area contributed by atoms with Crippen LogP contribution in [0, 0.1) is 0 Å². The van der Waals surface area contributed by atoms with Gasteiger partial charge in [0.1, 0.15) is 4.91 Å². The summed E-state index contributed by atoms with van der Waals surface area (Å²) in [5, 5.41) is 5.53. The third-order valence-electron chi connectivity index (χ3n) is 5.44. The Labute approximate surface area is 193 Å². The zero-order chi connectivity index (χ0) is 23.3. The molecule has 0 radical (unpaired) electrons. The van der Waals surface area contributed by atoms with Crippen molar-refractivity contribution in [2.75, 3.05) is 13.1 Å². The van der Waals surface area contributed by atoms with Gasteiger partial charge < -0.3 is 10.6 Å². The van der Waals surface area contributed by atoms with Gasteiger partial charge in [0.05, 0.1) is 4.90 Å². The number of sulfone groups is 1. The summed E-state index contributed by atoms with van der Waals surface area (Å²) < 4.78 is 25.0. The Morgan fingerprint density at radius 1 is 0.667 bits per heavy atom. The molecule has 0 atom stereocenters. The molecule has 6 nitrogen and oxygen atoms in total. The highest BCUT2D eigenvalue weighted by molar-refractivity contribution is 7.96. The van der Waals surface area contributed by atoms with Crippen molar-refractivity contribution in [3.63, 3.8) is 0 Å². The summed E-state index contributed by atoms with van der Waals surface area (Å²) in [6.07, 6.45) is 2.67. The SMILES string of the molecule is O=C(NCCCCNC(=O)c1ccc(-c2ccccc2)cc1)C1=Cc2ccccc2S1(=O)=O. The first-order valence-electron chi connectivity index (χ1n) is 10.7. The van der Waals surface area contributed by atoms with Crippen molar-refractivity contribution in [2.24, 2.45) is 0 Å². The molecule has 33 heavy (non-hydrogen) atoms. The fraction of sp³-hybridized carbons (Fsp3) is 0.154. The summed E-state index contributed by atoms with van der Waals surface area (Å²) >= 11 is 0. The molecule has 0 fully saturated rings. The zero-order valence-corrected chi connectivity index (χ0v) is 18.8. The number of carbonyl (C=O) groups is 2. The van der Waals surface area contributed by atoms with E-state index in [1.165, 1.54) is 12.1 Å². The molecule has 0 aromatic heterocycles. The average Bonchev–Trinajstić information content (AvgIpc) is 3.12. The van der Waals surface area contributed by atoms with Crippen LogP contribution in [0.5, 0.6) is 0 Å². The minimum atomic E-state index is -3.76. The zero-order valence-electron chi connectivity index (χ0n) is 18.0. The van der Waals surface area contributed by atoms with Crippen molar-refractivity contribution in [3.05, 3.63) is 94.9 Å². The van der Waals surface area contributed by atoms with Crippen LogP contribution in [0.25, 0.3) is 17.2 Å². The second-order valence-electron chi connectivity index (χ2n) is 7.71. The molecule has 3 aromatic rings. The van der Waals surface area contributed by atoms with Crippen molar-refractivity contribution in [2.45, 2.75) is 17.7 Å². The molecular formula is C26H24N2O4S. The molecule has 2 N–H and O–H groups in total. The van der Waals surface area contributed by atoms with E-state index in [0.717, 1.165) is 11.1 Å². The predicted octanol–water partition coefficient (Wildman–Crippen LogP) is 3.81. The van der Waals surface area contributed by atoms with Gasteiger partial charge in [0, 0.05) is 18.7 Å². The van der Waals surface area contributed by atoms with Gasteiger partial charge in [-0.2, -0.15) is 0 Å². The lowest BCUT2D eigenvalue weighted by Gasteiger charge is -2.08. The molecule has 0 aliphatic carbocycles. The highest BCUT2D eigenvalue weighted by Crippen LogP contribution is 2.32. The van der Waals surface area contributed by atoms with E-state index in [0.29, 0.717) is 37.1 Å². The summed E-state index contributed by atoms with van der Waals surface area (Å²) in [6.45, 7) is 0.783. The van der Waals surface area contributed by atoms with Crippen LogP contribution in [-0.2, 0) is 14.6 Å². The number of hydrogen-bond acceptors (Lipinski definition) is 4. The molecule has 2 amide bonds. The lowest BCUT2D eigenvalue weighted by atomic mass is 10.0. The quantitative estimate of drug-likeness (QED) is 0.500. The van der Waals surface area contributed by atoms with Gasteiger partial charge in [0.2, 0.25) is 9.84 Å². The van der Waals surface area contributed by atoms with E-state index in [4.69, 9.17) is 0 Å². The second kappa shape index (κ2) is 9.83. The van der Waals surface area contributed by atoms with Crippen LogP contribution in [0.15, 0.2) is 88.7 Å². The average molecular weight is 461 g/mol. The standard InChI is InChI=1S/C26H24N2O4S/c29-25(21-14-12-20(13-15-21)19-8-2-1-3-9-19)27-16-6-7-17-28-26(30)24-18-22-10-4-5-11-23(22)33(24,31)32/h1-5,8-15,18H,6-7,16-17H2,(H,27,29)(H,28,30). The number of fused-ring (bicyclic) bond motifs is 1. The first-order valence-corrected chi connectivity index (χ1v) is 12.2. The van der Waals surface area contributed by atoms with Gasteiger partial charge in [-0.25, -0.2) is 8.42 Å². The molecular weight excluding hydrogens is 436 g/mol. The van der Waals surface area contributed by atoms with Crippen LogP contribution >= 0.6 is 0 Å². The highest BCUT2D eigenvalue weighted by Gasteiger charge is 2.33. The molecule has 1 aliphatic rings. The minimum absolute atomic E-state index is 0.154. The molecule has 4 rings (SSSR count).